The van der Waals surface area contributed by atoms with Crippen molar-refractivity contribution in [1.82, 2.24) is 20.0 Å². The molecule has 1 aliphatic rings. The third-order valence-corrected chi connectivity index (χ3v) is 3.18. The largest absolute Gasteiger partial charge is 0.340 e. The molecular weight excluding hydrogens is 232 g/mol. The van der Waals surface area contributed by atoms with E-state index in [4.69, 9.17) is 0 Å². The number of rotatable bonds is 2. The second kappa shape index (κ2) is 4.12. The Morgan fingerprint density at radius 2 is 2.11 bits per heavy atom. The van der Waals surface area contributed by atoms with E-state index in [0.717, 1.165) is 5.69 Å². The van der Waals surface area contributed by atoms with Gasteiger partial charge in [0, 0.05) is 13.2 Å². The second-order valence-corrected chi connectivity index (χ2v) is 5.20. The molecule has 1 unspecified atom stereocenters. The van der Waals surface area contributed by atoms with Crippen LogP contribution in [0.1, 0.15) is 26.5 Å². The minimum Gasteiger partial charge on any atom is -0.340 e. The Kier molecular flexibility index (Phi) is 2.88. The lowest BCUT2D eigenvalue weighted by Gasteiger charge is -2.41. The molecule has 0 aromatic carbocycles. The number of aromatic nitrogens is 2. The van der Waals surface area contributed by atoms with Crippen LogP contribution in [-0.2, 0) is 23.2 Å². The number of hydrogen-bond acceptors (Lipinski definition) is 3. The van der Waals surface area contributed by atoms with Crippen molar-refractivity contribution in [3.05, 3.63) is 18.0 Å². The summed E-state index contributed by atoms with van der Waals surface area (Å²) >= 11 is 0. The number of carbonyl (C=O) groups excluding carboxylic acids is 2. The number of hydrogen-bond donors (Lipinski definition) is 1. The molecule has 1 aromatic heterocycles. The van der Waals surface area contributed by atoms with Crippen molar-refractivity contribution in [2.45, 2.75) is 38.9 Å². The molecule has 6 heteroatoms. The highest BCUT2D eigenvalue weighted by molar-refractivity contribution is 5.99. The fraction of sp³-hybridized carbons (Fsp3) is 0.583. The lowest BCUT2D eigenvalue weighted by Crippen LogP contribution is -2.67. The van der Waals surface area contributed by atoms with Crippen LogP contribution in [0.3, 0.4) is 0 Å². The summed E-state index contributed by atoms with van der Waals surface area (Å²) in [4.78, 5) is 25.7. The van der Waals surface area contributed by atoms with Crippen LogP contribution in [0, 0.1) is 0 Å². The predicted octanol–water partition coefficient (Wildman–Crippen LogP) is 0.0456. The first-order valence-electron chi connectivity index (χ1n) is 5.93. The highest BCUT2D eigenvalue weighted by Crippen LogP contribution is 2.19. The lowest BCUT2D eigenvalue weighted by atomic mass is 9.97. The Hall–Kier alpha value is -1.85. The highest BCUT2D eigenvalue weighted by Gasteiger charge is 2.43. The Labute approximate surface area is 106 Å². The number of nitrogens with zero attached hydrogens (tertiary/aromatic N) is 3. The first kappa shape index (κ1) is 12.6. The third-order valence-electron chi connectivity index (χ3n) is 3.18. The molecule has 1 fully saturated rings. The second-order valence-electron chi connectivity index (χ2n) is 5.20. The van der Waals surface area contributed by atoms with Gasteiger partial charge in [-0.3, -0.25) is 14.3 Å². The minimum absolute atomic E-state index is 0.0831. The maximum absolute atomic E-state index is 12.3. The summed E-state index contributed by atoms with van der Waals surface area (Å²) in [5, 5.41) is 6.96. The molecule has 1 aromatic rings. The highest BCUT2D eigenvalue weighted by atomic mass is 16.2. The molecule has 0 saturated carbocycles. The maximum Gasteiger partial charge on any atom is 0.248 e. The molecule has 0 radical (unpaired) electrons. The summed E-state index contributed by atoms with van der Waals surface area (Å²) in [6.45, 7) is 5.51. The minimum atomic E-state index is -0.849. The molecule has 18 heavy (non-hydrogen) atoms. The zero-order valence-electron chi connectivity index (χ0n) is 11.1. The van der Waals surface area contributed by atoms with Crippen LogP contribution < -0.4 is 5.32 Å². The molecule has 2 amide bonds. The number of nitrogens with one attached hydrogen (secondary N) is 1. The van der Waals surface area contributed by atoms with Gasteiger partial charge in [-0.05, 0) is 26.8 Å². The summed E-state index contributed by atoms with van der Waals surface area (Å²) < 4.78 is 1.68. The smallest absolute Gasteiger partial charge is 0.248 e. The molecule has 98 valence electrons. The molecule has 6 nitrogen and oxygen atoms in total. The first-order chi connectivity index (χ1) is 8.31. The van der Waals surface area contributed by atoms with E-state index >= 15 is 0 Å². The Morgan fingerprint density at radius 1 is 1.44 bits per heavy atom. The van der Waals surface area contributed by atoms with Crippen molar-refractivity contribution in [3.8, 4) is 0 Å². The number of piperazine rings is 1. The summed E-state index contributed by atoms with van der Waals surface area (Å²) in [7, 11) is 1.82. The zero-order chi connectivity index (χ0) is 13.5. The standard InChI is InChI=1S/C12H18N4O2/c1-8-10(17)13-12(2,3)11(18)16(8)7-9-5-6-15(4)14-9/h5-6,8H,7H2,1-4H3,(H,13,17). The van der Waals surface area contributed by atoms with Crippen LogP contribution in [0.15, 0.2) is 12.3 Å². The van der Waals surface area contributed by atoms with Gasteiger partial charge in [0.05, 0.1) is 12.2 Å². The number of aryl methyl sites for hydroxylation is 1. The van der Waals surface area contributed by atoms with E-state index in [1.807, 2.05) is 19.3 Å². The molecule has 0 bridgehead atoms. The van der Waals surface area contributed by atoms with Crippen molar-refractivity contribution in [2.75, 3.05) is 0 Å². The van der Waals surface area contributed by atoms with E-state index in [9.17, 15) is 9.59 Å². The summed E-state index contributed by atoms with van der Waals surface area (Å²) in [5.74, 6) is -0.212. The van der Waals surface area contributed by atoms with Crippen LogP contribution >= 0.6 is 0 Å². The van der Waals surface area contributed by atoms with Gasteiger partial charge in [0.2, 0.25) is 11.8 Å². The molecular formula is C12H18N4O2. The Bertz CT molecular complexity index is 492. The van der Waals surface area contributed by atoms with Gasteiger partial charge in [0.25, 0.3) is 0 Å². The number of carbonyl (C=O) groups is 2. The van der Waals surface area contributed by atoms with E-state index in [1.165, 1.54) is 0 Å². The molecule has 1 saturated heterocycles. The average molecular weight is 250 g/mol. The topological polar surface area (TPSA) is 67.2 Å². The van der Waals surface area contributed by atoms with Gasteiger partial charge in [0.1, 0.15) is 11.6 Å². The van der Waals surface area contributed by atoms with Crippen LogP contribution in [0.25, 0.3) is 0 Å². The van der Waals surface area contributed by atoms with E-state index in [2.05, 4.69) is 10.4 Å². The van der Waals surface area contributed by atoms with Gasteiger partial charge in [-0.1, -0.05) is 0 Å². The van der Waals surface area contributed by atoms with E-state index in [0.29, 0.717) is 6.54 Å². The average Bonchev–Trinajstić information content (AvgIpc) is 2.67. The third kappa shape index (κ3) is 2.10. The van der Waals surface area contributed by atoms with Crippen molar-refractivity contribution < 1.29 is 9.59 Å². The molecule has 2 rings (SSSR count). The molecule has 1 aliphatic heterocycles. The van der Waals surface area contributed by atoms with Gasteiger partial charge in [0.15, 0.2) is 0 Å². The first-order valence-corrected chi connectivity index (χ1v) is 5.93. The van der Waals surface area contributed by atoms with Gasteiger partial charge in [-0.2, -0.15) is 5.10 Å². The van der Waals surface area contributed by atoms with Crippen LogP contribution in [0.4, 0.5) is 0 Å². The van der Waals surface area contributed by atoms with E-state index in [1.54, 1.807) is 30.4 Å². The normalized spacial score (nSPS) is 23.1. The summed E-state index contributed by atoms with van der Waals surface area (Å²) in [6, 6.07) is 1.38. The molecule has 1 atom stereocenters. The van der Waals surface area contributed by atoms with Crippen molar-refractivity contribution >= 4 is 11.8 Å². The zero-order valence-corrected chi connectivity index (χ0v) is 11.1. The van der Waals surface area contributed by atoms with Gasteiger partial charge in [-0.15, -0.1) is 0 Å². The van der Waals surface area contributed by atoms with Crippen molar-refractivity contribution in [3.63, 3.8) is 0 Å². The van der Waals surface area contributed by atoms with E-state index < -0.39 is 11.6 Å². The number of amides is 2. The fourth-order valence-electron chi connectivity index (χ4n) is 2.07. The summed E-state index contributed by atoms with van der Waals surface area (Å²) in [6.07, 6.45) is 1.82. The lowest BCUT2D eigenvalue weighted by molar-refractivity contribution is -0.153. The van der Waals surface area contributed by atoms with Crippen LogP contribution in [0.2, 0.25) is 0 Å². The summed E-state index contributed by atoms with van der Waals surface area (Å²) in [5.41, 5.74) is -0.0681. The van der Waals surface area contributed by atoms with Crippen LogP contribution in [0.5, 0.6) is 0 Å². The molecule has 0 spiro atoms. The van der Waals surface area contributed by atoms with E-state index in [-0.39, 0.29) is 11.8 Å². The van der Waals surface area contributed by atoms with Crippen molar-refractivity contribution in [2.24, 2.45) is 7.05 Å². The molecule has 1 N–H and O–H groups in total. The monoisotopic (exact) mass is 250 g/mol. The van der Waals surface area contributed by atoms with Gasteiger partial charge >= 0.3 is 0 Å². The predicted molar refractivity (Wildman–Crippen MR) is 65.4 cm³/mol. The van der Waals surface area contributed by atoms with Gasteiger partial charge < -0.3 is 10.2 Å². The SMILES string of the molecule is CC1C(=O)NC(C)(C)C(=O)N1Cc1ccn(C)n1. The molecule has 0 aliphatic carbocycles. The van der Waals surface area contributed by atoms with Gasteiger partial charge in [-0.25, -0.2) is 0 Å². The quantitative estimate of drug-likeness (QED) is 0.806. The molecule has 2 heterocycles. The maximum atomic E-state index is 12.3. The Morgan fingerprint density at radius 3 is 2.67 bits per heavy atom. The van der Waals surface area contributed by atoms with Crippen molar-refractivity contribution in [1.29, 1.82) is 0 Å². The Balaban J connectivity index is 2.23. The van der Waals surface area contributed by atoms with Crippen LogP contribution in [-0.4, -0.2) is 38.1 Å². The fourth-order valence-corrected chi connectivity index (χ4v) is 2.07.